The molecule has 1 unspecified atom stereocenters. The average Bonchev–Trinajstić information content (AvgIpc) is 2.90. The molecular weight excluding hydrogens is 328 g/mol. The van der Waals surface area contributed by atoms with E-state index in [1.54, 1.807) is 0 Å². The number of hydrogen-bond donors (Lipinski definition) is 1. The third-order valence-electron chi connectivity index (χ3n) is 5.02. The van der Waals surface area contributed by atoms with Gasteiger partial charge in [0, 0.05) is 25.5 Å². The Labute approximate surface area is 153 Å². The summed E-state index contributed by atoms with van der Waals surface area (Å²) in [5, 5.41) is 4.81. The highest BCUT2D eigenvalue weighted by atomic mass is 32.1. The Morgan fingerprint density at radius 3 is 2.56 bits per heavy atom. The molecule has 0 saturated heterocycles. The highest BCUT2D eigenvalue weighted by molar-refractivity contribution is 7.71. The summed E-state index contributed by atoms with van der Waals surface area (Å²) in [4.78, 5) is 1.51. The summed E-state index contributed by atoms with van der Waals surface area (Å²) >= 11 is 5.63. The Bertz CT molecular complexity index is 926. The van der Waals surface area contributed by atoms with Crippen molar-refractivity contribution in [3.05, 3.63) is 81.9 Å². The summed E-state index contributed by atoms with van der Waals surface area (Å²) in [5.74, 6) is 1.02. The predicted molar refractivity (Wildman–Crippen MR) is 101 cm³/mol. The second-order valence-electron chi connectivity index (χ2n) is 6.77. The van der Waals surface area contributed by atoms with Crippen molar-refractivity contribution in [1.82, 2.24) is 14.3 Å². The molecule has 5 heteroatoms. The summed E-state index contributed by atoms with van der Waals surface area (Å²) in [6, 6.07) is 19.2. The van der Waals surface area contributed by atoms with Crippen LogP contribution < -0.4 is 4.90 Å². The molecule has 1 aromatic heterocycles. The predicted octanol–water partition coefficient (Wildman–Crippen LogP) is 2.14. The van der Waals surface area contributed by atoms with Crippen molar-refractivity contribution in [2.75, 3.05) is 6.54 Å². The van der Waals surface area contributed by atoms with Gasteiger partial charge in [-0.2, -0.15) is 9.78 Å². The SMILES string of the molecule is Cn1c(Cc2ccccc2)nn(C[NH+]2CCc3ccccc3C2)c1=S. The van der Waals surface area contributed by atoms with Gasteiger partial charge in [-0.3, -0.25) is 0 Å². The van der Waals surface area contributed by atoms with E-state index in [9.17, 15) is 0 Å². The minimum atomic E-state index is 0.803. The van der Waals surface area contributed by atoms with Crippen molar-refractivity contribution in [2.45, 2.75) is 26.1 Å². The molecule has 0 amide bonds. The molecular formula is C20H23N4S+. The van der Waals surface area contributed by atoms with Gasteiger partial charge in [0.25, 0.3) is 0 Å². The van der Waals surface area contributed by atoms with Crippen LogP contribution in [0.2, 0.25) is 0 Å². The first-order chi connectivity index (χ1) is 12.2. The van der Waals surface area contributed by atoms with Gasteiger partial charge < -0.3 is 9.47 Å². The zero-order valence-corrected chi connectivity index (χ0v) is 15.3. The first kappa shape index (κ1) is 16.2. The molecule has 2 heterocycles. The molecule has 0 aliphatic carbocycles. The highest BCUT2D eigenvalue weighted by Crippen LogP contribution is 2.11. The number of nitrogens with zero attached hydrogens (tertiary/aromatic N) is 3. The molecule has 4 rings (SSSR count). The number of fused-ring (bicyclic) bond motifs is 1. The normalized spacial score (nSPS) is 16.6. The average molecular weight is 351 g/mol. The van der Waals surface area contributed by atoms with Crippen LogP contribution in [-0.2, 0) is 33.1 Å². The molecule has 1 N–H and O–H groups in total. The monoisotopic (exact) mass is 351 g/mol. The van der Waals surface area contributed by atoms with Crippen LogP contribution in [0.25, 0.3) is 0 Å². The number of aromatic nitrogens is 3. The maximum absolute atomic E-state index is 5.63. The number of hydrogen-bond acceptors (Lipinski definition) is 2. The lowest BCUT2D eigenvalue weighted by atomic mass is 10.0. The van der Waals surface area contributed by atoms with Crippen molar-refractivity contribution >= 4 is 12.2 Å². The third kappa shape index (κ3) is 3.43. The van der Waals surface area contributed by atoms with Crippen LogP contribution in [0.15, 0.2) is 54.6 Å². The molecule has 25 heavy (non-hydrogen) atoms. The zero-order chi connectivity index (χ0) is 17.2. The van der Waals surface area contributed by atoms with Crippen molar-refractivity contribution in [3.8, 4) is 0 Å². The molecule has 0 radical (unpaired) electrons. The van der Waals surface area contributed by atoms with Crippen molar-refractivity contribution in [1.29, 1.82) is 0 Å². The molecule has 2 aromatic carbocycles. The van der Waals surface area contributed by atoms with Gasteiger partial charge in [0.15, 0.2) is 6.67 Å². The van der Waals surface area contributed by atoms with Gasteiger partial charge in [-0.05, 0) is 23.3 Å². The van der Waals surface area contributed by atoms with Gasteiger partial charge in [0.2, 0.25) is 4.77 Å². The van der Waals surface area contributed by atoms with Crippen LogP contribution >= 0.6 is 12.2 Å². The summed E-state index contributed by atoms with van der Waals surface area (Å²) in [5.41, 5.74) is 4.20. The topological polar surface area (TPSA) is 27.2 Å². The fourth-order valence-corrected chi connectivity index (χ4v) is 3.77. The lowest BCUT2D eigenvalue weighted by Gasteiger charge is -2.25. The van der Waals surface area contributed by atoms with Gasteiger partial charge in [-0.25, -0.2) is 0 Å². The second-order valence-corrected chi connectivity index (χ2v) is 7.14. The molecule has 0 fully saturated rings. The fourth-order valence-electron chi connectivity index (χ4n) is 3.56. The van der Waals surface area contributed by atoms with E-state index in [1.165, 1.54) is 21.6 Å². The van der Waals surface area contributed by atoms with E-state index >= 15 is 0 Å². The maximum Gasteiger partial charge on any atom is 0.202 e. The van der Waals surface area contributed by atoms with Gasteiger partial charge >= 0.3 is 0 Å². The number of rotatable bonds is 4. The molecule has 1 aliphatic rings. The van der Waals surface area contributed by atoms with Crippen LogP contribution in [0.1, 0.15) is 22.5 Å². The van der Waals surface area contributed by atoms with Crippen LogP contribution in [0, 0.1) is 4.77 Å². The highest BCUT2D eigenvalue weighted by Gasteiger charge is 2.20. The first-order valence-corrected chi connectivity index (χ1v) is 9.18. The molecule has 3 aromatic rings. The standard InChI is InChI=1S/C20H22N4S/c1-22-19(13-16-7-3-2-4-8-16)21-24(20(22)25)15-23-12-11-17-9-5-6-10-18(17)14-23/h2-10H,11-15H2,1H3/p+1. The Morgan fingerprint density at radius 1 is 1.04 bits per heavy atom. The Balaban J connectivity index is 1.52. The van der Waals surface area contributed by atoms with E-state index in [0.717, 1.165) is 43.2 Å². The van der Waals surface area contributed by atoms with Crippen molar-refractivity contribution < 1.29 is 4.90 Å². The maximum atomic E-state index is 5.63. The first-order valence-electron chi connectivity index (χ1n) is 8.77. The Hall–Kier alpha value is -2.24. The van der Waals surface area contributed by atoms with Crippen LogP contribution in [0.3, 0.4) is 0 Å². The van der Waals surface area contributed by atoms with E-state index in [0.29, 0.717) is 0 Å². The van der Waals surface area contributed by atoms with E-state index in [2.05, 4.69) is 48.5 Å². The molecule has 1 aliphatic heterocycles. The molecule has 4 nitrogen and oxygen atoms in total. The molecule has 0 bridgehead atoms. The summed E-state index contributed by atoms with van der Waals surface area (Å²) in [6.07, 6.45) is 1.94. The number of benzene rings is 2. The van der Waals surface area contributed by atoms with Gasteiger partial charge in [-0.1, -0.05) is 54.6 Å². The Morgan fingerprint density at radius 2 is 1.76 bits per heavy atom. The zero-order valence-electron chi connectivity index (χ0n) is 14.5. The van der Waals surface area contributed by atoms with Crippen molar-refractivity contribution in [3.63, 3.8) is 0 Å². The minimum Gasteiger partial charge on any atom is -0.312 e. The van der Waals surface area contributed by atoms with Gasteiger partial charge in [0.05, 0.1) is 6.54 Å². The minimum absolute atomic E-state index is 0.803. The van der Waals surface area contributed by atoms with E-state index < -0.39 is 0 Å². The fraction of sp³-hybridized carbons (Fsp3) is 0.300. The number of quaternary nitrogens is 1. The van der Waals surface area contributed by atoms with E-state index in [1.807, 2.05) is 22.4 Å². The Kier molecular flexibility index (Phi) is 4.51. The largest absolute Gasteiger partial charge is 0.312 e. The molecule has 1 atom stereocenters. The second kappa shape index (κ2) is 6.94. The van der Waals surface area contributed by atoms with Gasteiger partial charge in [0.1, 0.15) is 12.4 Å². The molecule has 128 valence electrons. The summed E-state index contributed by atoms with van der Waals surface area (Å²) in [7, 11) is 2.02. The van der Waals surface area contributed by atoms with Crippen LogP contribution in [0.5, 0.6) is 0 Å². The van der Waals surface area contributed by atoms with Gasteiger partial charge in [-0.15, -0.1) is 0 Å². The quantitative estimate of drug-likeness (QED) is 0.729. The number of nitrogens with one attached hydrogen (secondary N) is 1. The summed E-state index contributed by atoms with van der Waals surface area (Å²) in [6.45, 7) is 3.00. The third-order valence-corrected chi connectivity index (χ3v) is 5.50. The smallest absolute Gasteiger partial charge is 0.202 e. The molecule has 0 spiro atoms. The lowest BCUT2D eigenvalue weighted by molar-refractivity contribution is -0.939. The van der Waals surface area contributed by atoms with Crippen molar-refractivity contribution in [2.24, 2.45) is 7.05 Å². The lowest BCUT2D eigenvalue weighted by Crippen LogP contribution is -3.11. The van der Waals surface area contributed by atoms with E-state index in [-0.39, 0.29) is 0 Å². The van der Waals surface area contributed by atoms with Crippen LogP contribution in [-0.4, -0.2) is 20.9 Å². The summed E-state index contributed by atoms with van der Waals surface area (Å²) < 4.78 is 4.84. The molecule has 0 saturated carbocycles. The van der Waals surface area contributed by atoms with Crippen LogP contribution in [0.4, 0.5) is 0 Å². The van der Waals surface area contributed by atoms with E-state index in [4.69, 9.17) is 17.3 Å².